The number of para-hydroxylation sites is 1. The second-order valence-electron chi connectivity index (χ2n) is 6.80. The van der Waals surface area contributed by atoms with Gasteiger partial charge in [0.2, 0.25) is 17.7 Å². The zero-order valence-electron chi connectivity index (χ0n) is 18.5. The van der Waals surface area contributed by atoms with Crippen molar-refractivity contribution in [2.24, 2.45) is 5.10 Å². The van der Waals surface area contributed by atoms with E-state index in [9.17, 15) is 4.79 Å². The highest BCUT2D eigenvalue weighted by molar-refractivity contribution is 6.32. The van der Waals surface area contributed by atoms with Crippen LogP contribution in [0.1, 0.15) is 31.5 Å². The molecule has 10 heteroatoms. The Balaban J connectivity index is 0.00000133. The van der Waals surface area contributed by atoms with Crippen molar-refractivity contribution in [1.82, 2.24) is 30.2 Å². The summed E-state index contributed by atoms with van der Waals surface area (Å²) in [5.41, 5.74) is 4.90. The van der Waals surface area contributed by atoms with Crippen LogP contribution in [-0.4, -0.2) is 30.6 Å². The number of pyridine rings is 2. The molecule has 9 nitrogen and oxygen atoms in total. The van der Waals surface area contributed by atoms with Crippen LogP contribution < -0.4 is 11.0 Å². The molecule has 0 bridgehead atoms. The highest BCUT2D eigenvalue weighted by Crippen LogP contribution is 2.28. The van der Waals surface area contributed by atoms with E-state index in [-0.39, 0.29) is 5.56 Å². The summed E-state index contributed by atoms with van der Waals surface area (Å²) in [6.07, 6.45) is 7.81. The van der Waals surface area contributed by atoms with Crippen molar-refractivity contribution in [3.05, 3.63) is 100.0 Å². The van der Waals surface area contributed by atoms with E-state index in [0.717, 1.165) is 11.3 Å². The van der Waals surface area contributed by atoms with Crippen LogP contribution >= 0.6 is 11.6 Å². The summed E-state index contributed by atoms with van der Waals surface area (Å²) >= 11 is 6.47. The third-order valence-corrected chi connectivity index (χ3v) is 5.05. The molecular formula is C24H22ClN7O2. The monoisotopic (exact) mass is 475 g/mol. The van der Waals surface area contributed by atoms with E-state index in [1.54, 1.807) is 42.9 Å². The normalized spacial score (nSPS) is 14.7. The number of halogens is 1. The Kier molecular flexibility index (Phi) is 7.14. The molecule has 4 heterocycles. The number of aromatic nitrogens is 5. The molecule has 1 aromatic carbocycles. The van der Waals surface area contributed by atoms with Crippen molar-refractivity contribution in [1.29, 1.82) is 0 Å². The molecular weight excluding hydrogens is 454 g/mol. The van der Waals surface area contributed by atoms with Gasteiger partial charge in [0.25, 0.3) is 0 Å². The summed E-state index contributed by atoms with van der Waals surface area (Å²) in [6.45, 7) is 4.00. The number of aromatic amines is 1. The lowest BCUT2D eigenvalue weighted by Crippen LogP contribution is -2.15. The average Bonchev–Trinajstić information content (AvgIpc) is 3.52. The lowest BCUT2D eigenvalue weighted by molar-refractivity contribution is 0.192. The summed E-state index contributed by atoms with van der Waals surface area (Å²) in [5, 5.41) is 13.4. The Morgan fingerprint density at radius 1 is 1.06 bits per heavy atom. The van der Waals surface area contributed by atoms with E-state index in [1.807, 2.05) is 48.7 Å². The molecule has 0 spiro atoms. The van der Waals surface area contributed by atoms with Gasteiger partial charge in [-0.25, -0.2) is 0 Å². The van der Waals surface area contributed by atoms with Crippen LogP contribution in [0.3, 0.4) is 0 Å². The molecule has 0 saturated heterocycles. The second-order valence-corrected chi connectivity index (χ2v) is 7.21. The molecule has 2 N–H and O–H groups in total. The number of hydrogen-bond acceptors (Lipinski definition) is 7. The molecule has 1 aliphatic heterocycles. The summed E-state index contributed by atoms with van der Waals surface area (Å²) in [7, 11) is 0. The highest BCUT2D eigenvalue weighted by Gasteiger charge is 2.21. The van der Waals surface area contributed by atoms with Gasteiger partial charge in [0.15, 0.2) is 11.6 Å². The van der Waals surface area contributed by atoms with E-state index in [0.29, 0.717) is 28.1 Å². The van der Waals surface area contributed by atoms with Gasteiger partial charge >= 0.3 is 0 Å². The van der Waals surface area contributed by atoms with Crippen molar-refractivity contribution >= 4 is 23.6 Å². The first-order chi connectivity index (χ1) is 16.7. The molecule has 1 unspecified atom stereocenters. The molecule has 0 fully saturated rings. The number of hydrogen-bond donors (Lipinski definition) is 2. The van der Waals surface area contributed by atoms with Crippen LogP contribution in [0.25, 0.3) is 23.2 Å². The zero-order valence-corrected chi connectivity index (χ0v) is 19.3. The molecule has 34 heavy (non-hydrogen) atoms. The van der Waals surface area contributed by atoms with Crippen LogP contribution in [0.15, 0.2) is 83.1 Å². The third-order valence-electron chi connectivity index (χ3n) is 4.73. The maximum atomic E-state index is 11.5. The molecule has 1 atom stereocenters. The van der Waals surface area contributed by atoms with Gasteiger partial charge in [0, 0.05) is 41.9 Å². The lowest BCUT2D eigenvalue weighted by atomic mass is 10.2. The van der Waals surface area contributed by atoms with Crippen LogP contribution in [-0.2, 0) is 4.74 Å². The van der Waals surface area contributed by atoms with Gasteiger partial charge in [-0.3, -0.25) is 19.8 Å². The Morgan fingerprint density at radius 3 is 2.62 bits per heavy atom. The first-order valence-corrected chi connectivity index (χ1v) is 11.0. The molecule has 1 aliphatic rings. The lowest BCUT2D eigenvalue weighted by Gasteiger charge is -2.11. The second kappa shape index (κ2) is 10.6. The molecule has 0 amide bonds. The summed E-state index contributed by atoms with van der Waals surface area (Å²) in [6, 6.07) is 14.4. The van der Waals surface area contributed by atoms with Crippen molar-refractivity contribution < 1.29 is 4.74 Å². The number of H-pyrrole nitrogens is 1. The van der Waals surface area contributed by atoms with E-state index < -0.39 is 6.23 Å². The van der Waals surface area contributed by atoms with Crippen LogP contribution in [0.5, 0.6) is 0 Å². The Morgan fingerprint density at radius 2 is 1.85 bits per heavy atom. The maximum Gasteiger partial charge on any atom is 0.248 e. The smallest absolute Gasteiger partial charge is 0.248 e. The number of nitrogens with one attached hydrogen (secondary N) is 2. The van der Waals surface area contributed by atoms with Crippen LogP contribution in [0.4, 0.5) is 0 Å². The Hall–Kier alpha value is -4.24. The molecule has 0 saturated carbocycles. The SMILES string of the molecule is CC.O=c1cc(C2NN=C(/C=C/c3nnc(-c4ccncc4)n3-c3ccccc3Cl)O2)cc[nH]1. The van der Waals surface area contributed by atoms with Gasteiger partial charge < -0.3 is 9.72 Å². The van der Waals surface area contributed by atoms with Gasteiger partial charge in [-0.05, 0) is 36.4 Å². The summed E-state index contributed by atoms with van der Waals surface area (Å²) < 4.78 is 7.64. The van der Waals surface area contributed by atoms with Crippen LogP contribution in [0.2, 0.25) is 5.02 Å². The third kappa shape index (κ3) is 4.89. The Bertz CT molecular complexity index is 1380. The fourth-order valence-corrected chi connectivity index (χ4v) is 3.47. The number of ether oxygens (including phenoxy) is 1. The van der Waals surface area contributed by atoms with Gasteiger partial charge in [-0.2, -0.15) is 0 Å². The largest absolute Gasteiger partial charge is 0.447 e. The van der Waals surface area contributed by atoms with Crippen LogP contribution in [0, 0.1) is 0 Å². The summed E-state index contributed by atoms with van der Waals surface area (Å²) in [4.78, 5) is 18.2. The minimum atomic E-state index is -0.550. The molecule has 4 aromatic rings. The predicted octanol–water partition coefficient (Wildman–Crippen LogP) is 4.34. The molecule has 0 radical (unpaired) electrons. The minimum Gasteiger partial charge on any atom is -0.447 e. The van der Waals surface area contributed by atoms with Gasteiger partial charge in [0.1, 0.15) is 0 Å². The Labute approximate surface area is 200 Å². The van der Waals surface area contributed by atoms with Crippen molar-refractivity contribution in [2.45, 2.75) is 20.1 Å². The minimum absolute atomic E-state index is 0.214. The number of benzene rings is 1. The van der Waals surface area contributed by atoms with E-state index >= 15 is 0 Å². The fourth-order valence-electron chi connectivity index (χ4n) is 3.25. The van der Waals surface area contributed by atoms with Gasteiger partial charge in [0.05, 0.1) is 10.7 Å². The first-order valence-electron chi connectivity index (χ1n) is 10.7. The molecule has 5 rings (SSSR count). The molecule has 0 aliphatic carbocycles. The molecule has 172 valence electrons. The number of rotatable bonds is 5. The summed E-state index contributed by atoms with van der Waals surface area (Å²) in [5.74, 6) is 1.50. The van der Waals surface area contributed by atoms with Crippen molar-refractivity contribution in [3.63, 3.8) is 0 Å². The number of nitrogens with zero attached hydrogens (tertiary/aromatic N) is 5. The predicted molar refractivity (Wildman–Crippen MR) is 131 cm³/mol. The highest BCUT2D eigenvalue weighted by atomic mass is 35.5. The quantitative estimate of drug-likeness (QED) is 0.444. The maximum absolute atomic E-state index is 11.5. The number of hydrazone groups is 1. The average molecular weight is 476 g/mol. The van der Waals surface area contributed by atoms with Crippen molar-refractivity contribution in [2.75, 3.05) is 0 Å². The van der Waals surface area contributed by atoms with Gasteiger partial charge in [-0.1, -0.05) is 37.6 Å². The molecule has 3 aromatic heterocycles. The van der Waals surface area contributed by atoms with Gasteiger partial charge in [-0.15, -0.1) is 15.3 Å². The van der Waals surface area contributed by atoms with Crippen molar-refractivity contribution in [3.8, 4) is 17.1 Å². The van der Waals surface area contributed by atoms with E-state index in [4.69, 9.17) is 16.3 Å². The van der Waals surface area contributed by atoms with E-state index in [2.05, 4.69) is 30.7 Å². The topological polar surface area (TPSA) is 110 Å². The standard InChI is InChI=1S/C22H16ClN7O2.C2H6/c23-16-3-1-2-4-17(16)30-18(26-28-21(30)14-7-10-24-11-8-14)5-6-20-27-29-22(32-20)15-9-12-25-19(31)13-15;1-2/h1-13,22,29H,(H,25,31);1-2H3/b6-5+;. The zero-order chi connectivity index (χ0) is 23.9. The first kappa shape index (κ1) is 22.9. The van der Waals surface area contributed by atoms with E-state index in [1.165, 1.54) is 6.07 Å². The fraction of sp³-hybridized carbons (Fsp3) is 0.125.